The van der Waals surface area contributed by atoms with Crippen LogP contribution < -0.4 is 0 Å². The Balaban J connectivity index is 2.44. The van der Waals surface area contributed by atoms with Crippen LogP contribution in [0.4, 0.5) is 0 Å². The van der Waals surface area contributed by atoms with Crippen LogP contribution in [-0.4, -0.2) is 6.29 Å². The quantitative estimate of drug-likeness (QED) is 0.453. The molecule has 3 rings (SSSR count). The number of carbonyl (C=O) groups is 1. The number of carbonyl (C=O) groups excluding carboxylic acids is 1. The fraction of sp³-hybridized carbons (Fsp3) is 0. The van der Waals surface area contributed by atoms with Crippen molar-refractivity contribution < 1.29 is 4.79 Å². The zero-order valence-corrected chi connectivity index (χ0v) is 9.74. The number of aldehydes is 1. The van der Waals surface area contributed by atoms with Crippen LogP contribution in [0, 0.1) is 0 Å². The highest BCUT2D eigenvalue weighted by molar-refractivity contribution is 6.31. The molecular formula is C15H9ClO. The molecule has 0 aliphatic carbocycles. The Labute approximate surface area is 104 Å². The minimum Gasteiger partial charge on any atom is -0.298 e. The molecule has 0 N–H and O–H groups in total. The summed E-state index contributed by atoms with van der Waals surface area (Å²) in [6, 6.07) is 15.6. The smallest absolute Gasteiger partial charge is 0.150 e. The van der Waals surface area contributed by atoms with E-state index in [1.165, 1.54) is 0 Å². The van der Waals surface area contributed by atoms with E-state index in [-0.39, 0.29) is 0 Å². The van der Waals surface area contributed by atoms with E-state index in [1.807, 2.05) is 48.5 Å². The highest BCUT2D eigenvalue weighted by Crippen LogP contribution is 2.27. The summed E-state index contributed by atoms with van der Waals surface area (Å²) in [6.07, 6.45) is 0.867. The summed E-state index contributed by atoms with van der Waals surface area (Å²) in [4.78, 5) is 10.7. The van der Waals surface area contributed by atoms with Crippen molar-refractivity contribution in [2.45, 2.75) is 0 Å². The molecule has 0 bridgehead atoms. The van der Waals surface area contributed by atoms with Crippen molar-refractivity contribution in [3.8, 4) is 0 Å². The summed E-state index contributed by atoms with van der Waals surface area (Å²) in [5, 5.41) is 5.23. The molecule has 0 saturated heterocycles. The first-order chi connectivity index (χ1) is 8.28. The Bertz CT molecular complexity index is 731. The Kier molecular flexibility index (Phi) is 2.34. The molecular weight excluding hydrogens is 232 g/mol. The average molecular weight is 241 g/mol. The number of halogens is 1. The summed E-state index contributed by atoms with van der Waals surface area (Å²) in [5.41, 5.74) is 0.700. The van der Waals surface area contributed by atoms with Gasteiger partial charge in [-0.2, -0.15) is 0 Å². The predicted molar refractivity (Wildman–Crippen MR) is 71.9 cm³/mol. The number of rotatable bonds is 1. The standard InChI is InChI=1S/C15H9ClO/c16-13-4-6-15-12(8-13)3-2-11-7-10(9-17)1-5-14(11)15/h1-9H. The minimum atomic E-state index is 0.700. The second-order valence-corrected chi connectivity index (χ2v) is 4.47. The largest absolute Gasteiger partial charge is 0.298 e. The van der Waals surface area contributed by atoms with Crippen molar-refractivity contribution in [2.75, 3.05) is 0 Å². The molecule has 0 aliphatic rings. The van der Waals surface area contributed by atoms with Crippen molar-refractivity contribution >= 4 is 39.4 Å². The molecule has 1 nitrogen and oxygen atoms in total. The third-order valence-corrected chi connectivity index (χ3v) is 3.19. The van der Waals surface area contributed by atoms with Gasteiger partial charge < -0.3 is 0 Å². The Morgan fingerprint density at radius 2 is 1.47 bits per heavy atom. The van der Waals surface area contributed by atoms with E-state index in [0.29, 0.717) is 5.56 Å². The van der Waals surface area contributed by atoms with Crippen molar-refractivity contribution in [3.63, 3.8) is 0 Å². The molecule has 0 fully saturated rings. The predicted octanol–water partition coefficient (Wildman–Crippen LogP) is 4.46. The Morgan fingerprint density at radius 3 is 2.18 bits per heavy atom. The lowest BCUT2D eigenvalue weighted by molar-refractivity contribution is 0.112. The highest BCUT2D eigenvalue weighted by Gasteiger charge is 2.02. The van der Waals surface area contributed by atoms with Crippen LogP contribution in [-0.2, 0) is 0 Å². The van der Waals surface area contributed by atoms with Crippen LogP contribution in [0.15, 0.2) is 48.5 Å². The molecule has 0 atom stereocenters. The molecule has 0 heterocycles. The zero-order valence-electron chi connectivity index (χ0n) is 8.98. The summed E-state index contributed by atoms with van der Waals surface area (Å²) in [6.45, 7) is 0. The van der Waals surface area contributed by atoms with Crippen LogP contribution in [0.5, 0.6) is 0 Å². The zero-order chi connectivity index (χ0) is 11.8. The maximum absolute atomic E-state index is 10.7. The van der Waals surface area contributed by atoms with E-state index in [4.69, 9.17) is 11.6 Å². The average Bonchev–Trinajstić information content (AvgIpc) is 2.37. The van der Waals surface area contributed by atoms with Gasteiger partial charge in [-0.15, -0.1) is 0 Å². The lowest BCUT2D eigenvalue weighted by Crippen LogP contribution is -1.82. The molecule has 0 radical (unpaired) electrons. The first-order valence-electron chi connectivity index (χ1n) is 5.35. The van der Waals surface area contributed by atoms with Crippen molar-refractivity contribution in [1.82, 2.24) is 0 Å². The maximum Gasteiger partial charge on any atom is 0.150 e. The normalized spacial score (nSPS) is 10.9. The molecule has 3 aromatic carbocycles. The van der Waals surface area contributed by atoms with Gasteiger partial charge in [0.05, 0.1) is 0 Å². The molecule has 0 saturated carbocycles. The van der Waals surface area contributed by atoms with E-state index >= 15 is 0 Å². The fourth-order valence-corrected chi connectivity index (χ4v) is 2.31. The summed E-state index contributed by atoms with van der Waals surface area (Å²) in [5.74, 6) is 0. The van der Waals surface area contributed by atoms with Gasteiger partial charge in [0.15, 0.2) is 0 Å². The van der Waals surface area contributed by atoms with Crippen LogP contribution in [0.3, 0.4) is 0 Å². The van der Waals surface area contributed by atoms with Gasteiger partial charge in [0, 0.05) is 10.6 Å². The minimum absolute atomic E-state index is 0.700. The molecule has 0 unspecified atom stereocenters. The summed E-state index contributed by atoms with van der Waals surface area (Å²) >= 11 is 5.97. The molecule has 3 aromatic rings. The van der Waals surface area contributed by atoms with Gasteiger partial charge in [-0.05, 0) is 39.7 Å². The molecule has 0 aliphatic heterocycles. The van der Waals surface area contributed by atoms with Crippen molar-refractivity contribution in [3.05, 3.63) is 59.1 Å². The number of hydrogen-bond donors (Lipinski definition) is 0. The van der Waals surface area contributed by atoms with E-state index in [0.717, 1.165) is 32.9 Å². The van der Waals surface area contributed by atoms with Gasteiger partial charge in [-0.3, -0.25) is 4.79 Å². The molecule has 0 aromatic heterocycles. The van der Waals surface area contributed by atoms with Crippen LogP contribution in [0.2, 0.25) is 5.02 Å². The first-order valence-corrected chi connectivity index (χ1v) is 5.73. The van der Waals surface area contributed by atoms with Crippen LogP contribution in [0.25, 0.3) is 21.5 Å². The topological polar surface area (TPSA) is 17.1 Å². The van der Waals surface area contributed by atoms with Gasteiger partial charge in [0.1, 0.15) is 6.29 Å². The highest BCUT2D eigenvalue weighted by atomic mass is 35.5. The summed E-state index contributed by atoms with van der Waals surface area (Å²) in [7, 11) is 0. The van der Waals surface area contributed by atoms with Gasteiger partial charge in [0.25, 0.3) is 0 Å². The number of fused-ring (bicyclic) bond motifs is 3. The monoisotopic (exact) mass is 240 g/mol. The van der Waals surface area contributed by atoms with Crippen molar-refractivity contribution in [2.24, 2.45) is 0 Å². The Hall–Kier alpha value is -1.86. The third kappa shape index (κ3) is 1.69. The second kappa shape index (κ2) is 3.86. The molecule has 17 heavy (non-hydrogen) atoms. The second-order valence-electron chi connectivity index (χ2n) is 4.03. The third-order valence-electron chi connectivity index (χ3n) is 2.96. The lowest BCUT2D eigenvalue weighted by Gasteiger charge is -2.04. The lowest BCUT2D eigenvalue weighted by atomic mass is 10.0. The Morgan fingerprint density at radius 1 is 0.824 bits per heavy atom. The molecule has 82 valence electrons. The van der Waals surface area contributed by atoms with Crippen molar-refractivity contribution in [1.29, 1.82) is 0 Å². The number of hydrogen-bond acceptors (Lipinski definition) is 1. The summed E-state index contributed by atoms with van der Waals surface area (Å²) < 4.78 is 0. The maximum atomic E-state index is 10.7. The van der Waals surface area contributed by atoms with Gasteiger partial charge in [-0.25, -0.2) is 0 Å². The van der Waals surface area contributed by atoms with Gasteiger partial charge in [0.2, 0.25) is 0 Å². The van der Waals surface area contributed by atoms with E-state index in [2.05, 4.69) is 0 Å². The van der Waals surface area contributed by atoms with Crippen LogP contribution in [0.1, 0.15) is 10.4 Å². The van der Waals surface area contributed by atoms with E-state index in [1.54, 1.807) is 0 Å². The first kappa shape index (κ1) is 10.3. The van der Waals surface area contributed by atoms with Gasteiger partial charge >= 0.3 is 0 Å². The molecule has 0 spiro atoms. The van der Waals surface area contributed by atoms with Gasteiger partial charge in [-0.1, -0.05) is 41.9 Å². The van der Waals surface area contributed by atoms with E-state index < -0.39 is 0 Å². The van der Waals surface area contributed by atoms with Crippen LogP contribution >= 0.6 is 11.6 Å². The fourth-order valence-electron chi connectivity index (χ4n) is 2.13. The SMILES string of the molecule is O=Cc1ccc2c(ccc3cc(Cl)ccc32)c1. The van der Waals surface area contributed by atoms with E-state index in [9.17, 15) is 4.79 Å². The number of benzene rings is 3. The molecule has 0 amide bonds. The molecule has 2 heteroatoms.